The summed E-state index contributed by atoms with van der Waals surface area (Å²) in [6.45, 7) is 6.15. The molecule has 21 heavy (non-hydrogen) atoms. The van der Waals surface area contributed by atoms with Crippen molar-refractivity contribution >= 4 is 18.3 Å². The molecule has 0 amide bonds. The Morgan fingerprint density at radius 3 is 2.81 bits per heavy atom. The van der Waals surface area contributed by atoms with Crippen molar-refractivity contribution in [3.63, 3.8) is 0 Å². The van der Waals surface area contributed by atoms with Crippen LogP contribution in [-0.2, 0) is 22.1 Å². The normalized spacial score (nSPS) is 18.0. The molecule has 1 unspecified atom stereocenters. The van der Waals surface area contributed by atoms with E-state index >= 15 is 0 Å². The van der Waals surface area contributed by atoms with E-state index in [4.69, 9.17) is 4.52 Å². The van der Waals surface area contributed by atoms with Crippen LogP contribution in [0.3, 0.4) is 0 Å². The number of H-pyrrole nitrogens is 1. The fraction of sp³-hybridized carbons (Fsp3) is 0.267. The second kappa shape index (κ2) is 5.17. The number of fused-ring (bicyclic) bond motifs is 3. The molecule has 6 heteroatoms. The minimum Gasteiger partial charge on any atom is -0.441 e. The van der Waals surface area contributed by atoms with Crippen LogP contribution in [0.15, 0.2) is 41.9 Å². The number of aromatic amines is 1. The lowest BCUT2D eigenvalue weighted by Crippen LogP contribution is -2.30. The zero-order chi connectivity index (χ0) is 15.0. The number of nitrogens with one attached hydrogen (secondary N) is 1. The van der Waals surface area contributed by atoms with E-state index in [9.17, 15) is 9.36 Å². The zero-order valence-electron chi connectivity index (χ0n) is 11.8. The van der Waals surface area contributed by atoms with E-state index in [0.717, 1.165) is 16.6 Å². The van der Waals surface area contributed by atoms with Crippen molar-refractivity contribution in [2.24, 2.45) is 0 Å². The number of pyridine rings is 1. The molecule has 2 heterocycles. The average Bonchev–Trinajstić information content (AvgIpc) is 2.47. The summed E-state index contributed by atoms with van der Waals surface area (Å²) < 4.78 is 19.6. The fourth-order valence-corrected chi connectivity index (χ4v) is 4.07. The van der Waals surface area contributed by atoms with Gasteiger partial charge in [-0.3, -0.25) is 9.36 Å². The Morgan fingerprint density at radius 1 is 1.38 bits per heavy atom. The molecule has 5 nitrogen and oxygen atoms in total. The minimum absolute atomic E-state index is 0.0696. The summed E-state index contributed by atoms with van der Waals surface area (Å²) in [6.07, 6.45) is 1.87. The molecule has 0 saturated heterocycles. The monoisotopic (exact) mass is 304 g/mol. The van der Waals surface area contributed by atoms with E-state index in [1.165, 1.54) is 6.26 Å². The number of aromatic nitrogens is 1. The van der Waals surface area contributed by atoms with Crippen LogP contribution in [-0.4, -0.2) is 22.9 Å². The number of nitrogens with zero attached hydrogens (tertiary/aromatic N) is 1. The van der Waals surface area contributed by atoms with E-state index in [1.54, 1.807) is 12.7 Å². The molecule has 0 fully saturated rings. The Bertz CT molecular complexity index is 812. The molecule has 1 aromatic heterocycles. The maximum Gasteiger partial charge on any atom is 0.315 e. The first-order valence-electron chi connectivity index (χ1n) is 6.78. The summed E-state index contributed by atoms with van der Waals surface area (Å²) in [6, 6.07) is 7.49. The molecule has 3 rings (SSSR count). The SMILES string of the molecule is C=COP(C)(=O)N1CCc2[nH]c(=O)c3ccccc3c2C1. The van der Waals surface area contributed by atoms with Gasteiger partial charge < -0.3 is 9.51 Å². The van der Waals surface area contributed by atoms with Crippen LogP contribution < -0.4 is 5.56 Å². The van der Waals surface area contributed by atoms with Crippen molar-refractivity contribution in [2.75, 3.05) is 13.2 Å². The van der Waals surface area contributed by atoms with Crippen LogP contribution in [0, 0.1) is 0 Å². The number of hydrogen-bond donors (Lipinski definition) is 1. The lowest BCUT2D eigenvalue weighted by Gasteiger charge is -2.32. The highest BCUT2D eigenvalue weighted by atomic mass is 31.2. The molecule has 0 saturated carbocycles. The average molecular weight is 304 g/mol. The fourth-order valence-electron chi connectivity index (χ4n) is 2.80. The number of benzene rings is 1. The summed E-state index contributed by atoms with van der Waals surface area (Å²) in [5.41, 5.74) is 1.87. The van der Waals surface area contributed by atoms with Gasteiger partial charge >= 0.3 is 7.52 Å². The predicted octanol–water partition coefficient (Wildman–Crippen LogP) is 2.87. The molecular formula is C15H17N2O3P. The van der Waals surface area contributed by atoms with Crippen LogP contribution in [0.2, 0.25) is 0 Å². The molecule has 1 aliphatic rings. The topological polar surface area (TPSA) is 62.4 Å². The van der Waals surface area contributed by atoms with Crippen LogP contribution in [0.1, 0.15) is 11.3 Å². The van der Waals surface area contributed by atoms with Gasteiger partial charge in [-0.15, -0.1) is 0 Å². The third kappa shape index (κ3) is 2.43. The van der Waals surface area contributed by atoms with Crippen LogP contribution in [0.5, 0.6) is 0 Å². The molecule has 1 aromatic carbocycles. The van der Waals surface area contributed by atoms with Crippen molar-refractivity contribution in [2.45, 2.75) is 13.0 Å². The van der Waals surface area contributed by atoms with Gasteiger partial charge in [0.05, 0.1) is 6.26 Å². The van der Waals surface area contributed by atoms with Gasteiger partial charge in [-0.1, -0.05) is 24.8 Å². The van der Waals surface area contributed by atoms with Gasteiger partial charge in [0.25, 0.3) is 5.56 Å². The number of rotatable bonds is 3. The van der Waals surface area contributed by atoms with E-state index in [2.05, 4.69) is 11.6 Å². The lowest BCUT2D eigenvalue weighted by molar-refractivity contribution is 0.320. The molecule has 1 N–H and O–H groups in total. The van der Waals surface area contributed by atoms with Crippen molar-refractivity contribution in [3.05, 3.63) is 58.7 Å². The van der Waals surface area contributed by atoms with Gasteiger partial charge in [0, 0.05) is 37.3 Å². The molecule has 0 radical (unpaired) electrons. The quantitative estimate of drug-likeness (QED) is 0.699. The first-order chi connectivity index (χ1) is 10.0. The Labute approximate surface area is 122 Å². The molecule has 1 aliphatic heterocycles. The third-order valence-electron chi connectivity index (χ3n) is 3.87. The van der Waals surface area contributed by atoms with Crippen molar-refractivity contribution in [1.82, 2.24) is 9.65 Å². The van der Waals surface area contributed by atoms with E-state index < -0.39 is 7.52 Å². The van der Waals surface area contributed by atoms with Gasteiger partial charge in [0.2, 0.25) is 0 Å². The van der Waals surface area contributed by atoms with E-state index in [-0.39, 0.29) is 5.56 Å². The summed E-state index contributed by atoms with van der Waals surface area (Å²) in [5.74, 6) is 0. The summed E-state index contributed by atoms with van der Waals surface area (Å²) >= 11 is 0. The highest BCUT2D eigenvalue weighted by Gasteiger charge is 2.31. The lowest BCUT2D eigenvalue weighted by atomic mass is 10.0. The maximum absolute atomic E-state index is 12.5. The van der Waals surface area contributed by atoms with Crippen molar-refractivity contribution in [1.29, 1.82) is 0 Å². The predicted molar refractivity (Wildman–Crippen MR) is 83.5 cm³/mol. The largest absolute Gasteiger partial charge is 0.441 e. The van der Waals surface area contributed by atoms with E-state index in [1.807, 2.05) is 22.9 Å². The summed E-state index contributed by atoms with van der Waals surface area (Å²) in [4.78, 5) is 15.0. The van der Waals surface area contributed by atoms with Gasteiger partial charge in [-0.05, 0) is 17.0 Å². The smallest absolute Gasteiger partial charge is 0.315 e. The number of hydrogen-bond acceptors (Lipinski definition) is 3. The first-order valence-corrected chi connectivity index (χ1v) is 8.80. The summed E-state index contributed by atoms with van der Waals surface area (Å²) in [5, 5.41) is 1.58. The van der Waals surface area contributed by atoms with Gasteiger partial charge in [-0.25, -0.2) is 4.67 Å². The highest BCUT2D eigenvalue weighted by molar-refractivity contribution is 7.55. The van der Waals surface area contributed by atoms with Gasteiger partial charge in [-0.2, -0.15) is 0 Å². The van der Waals surface area contributed by atoms with E-state index in [0.29, 0.717) is 24.9 Å². The third-order valence-corrected chi connectivity index (χ3v) is 5.78. The van der Waals surface area contributed by atoms with Crippen LogP contribution in [0.4, 0.5) is 0 Å². The molecule has 0 bridgehead atoms. The van der Waals surface area contributed by atoms with Crippen LogP contribution in [0.25, 0.3) is 10.8 Å². The molecular weight excluding hydrogens is 287 g/mol. The first kappa shape index (κ1) is 14.1. The van der Waals surface area contributed by atoms with Gasteiger partial charge in [0.15, 0.2) is 0 Å². The highest BCUT2D eigenvalue weighted by Crippen LogP contribution is 2.49. The second-order valence-corrected chi connectivity index (χ2v) is 7.55. The van der Waals surface area contributed by atoms with Crippen LogP contribution >= 0.6 is 7.52 Å². The molecule has 2 aromatic rings. The molecule has 0 aliphatic carbocycles. The zero-order valence-corrected chi connectivity index (χ0v) is 12.7. The Kier molecular flexibility index (Phi) is 3.47. The minimum atomic E-state index is -2.89. The molecule has 1 atom stereocenters. The molecule has 0 spiro atoms. The molecule has 110 valence electrons. The standard InChI is InChI=1S/C15H17N2O3P/c1-3-20-21(2,19)17-9-8-14-13(10-17)11-6-4-5-7-12(11)15(18)16-14/h3-7H,1,8-10H2,2H3,(H,16,18). The second-order valence-electron chi connectivity index (χ2n) is 5.17. The summed E-state index contributed by atoms with van der Waals surface area (Å²) in [7, 11) is -2.89. The Hall–Kier alpha value is -1.84. The Balaban J connectivity index is 2.10. The van der Waals surface area contributed by atoms with Crippen molar-refractivity contribution < 1.29 is 9.09 Å². The van der Waals surface area contributed by atoms with Gasteiger partial charge in [0.1, 0.15) is 0 Å². The maximum atomic E-state index is 12.5. The van der Waals surface area contributed by atoms with Crippen molar-refractivity contribution in [3.8, 4) is 0 Å². The Morgan fingerprint density at radius 2 is 2.10 bits per heavy atom.